The lowest BCUT2D eigenvalue weighted by Crippen LogP contribution is -2.42. The van der Waals surface area contributed by atoms with Gasteiger partial charge in [0.25, 0.3) is 11.8 Å². The van der Waals surface area contributed by atoms with Crippen molar-refractivity contribution in [3.05, 3.63) is 41.9 Å². The molecule has 1 heterocycles. The molecule has 0 atom stereocenters. The Morgan fingerprint density at radius 3 is 2.48 bits per heavy atom. The van der Waals surface area contributed by atoms with Crippen LogP contribution in [0, 0.1) is 5.92 Å². The number of ether oxygens (including phenoxy) is 2. The van der Waals surface area contributed by atoms with Gasteiger partial charge >= 0.3 is 0 Å². The Morgan fingerprint density at radius 1 is 1.11 bits per heavy atom. The highest BCUT2D eigenvalue weighted by Gasteiger charge is 2.15. The second-order valence-electron chi connectivity index (χ2n) is 6.10. The molecule has 4 N–H and O–H groups in total. The summed E-state index contributed by atoms with van der Waals surface area (Å²) in [6.07, 6.45) is 3.60. The van der Waals surface area contributed by atoms with Gasteiger partial charge in [-0.3, -0.25) is 20.4 Å². The second-order valence-corrected chi connectivity index (χ2v) is 6.10. The first-order valence-electron chi connectivity index (χ1n) is 8.40. The molecule has 1 aromatic carbocycles. The molecule has 0 spiro atoms. The van der Waals surface area contributed by atoms with Gasteiger partial charge in [0.2, 0.25) is 0 Å². The molecule has 0 bridgehead atoms. The Hall–Kier alpha value is -3.36. The fraction of sp³-hybridized carbons (Fsp3) is 0.333. The molecule has 0 saturated heterocycles. The molecule has 0 aliphatic rings. The number of hydrogen-bond acceptors (Lipinski definition) is 7. The standard InChI is InChI=1S/C18H23N5O4/c1-11(2)6-9-27-13-5-4-12(10-14(13)26-3)17(24)22-23-18(25)15-16(19)21-8-7-20-15/h4-5,7-8,10-11H,6,9H2,1-3H3,(H2,19,21)(H,22,24)(H,23,25). The molecule has 0 unspecified atom stereocenters. The number of carbonyl (C=O) groups excluding carboxylic acids is 2. The lowest BCUT2D eigenvalue weighted by atomic mass is 10.1. The lowest BCUT2D eigenvalue weighted by Gasteiger charge is -2.13. The summed E-state index contributed by atoms with van der Waals surface area (Å²) in [4.78, 5) is 31.8. The predicted octanol–water partition coefficient (Wildman–Crippen LogP) is 1.57. The van der Waals surface area contributed by atoms with Crippen molar-refractivity contribution in [2.45, 2.75) is 20.3 Å². The number of aromatic nitrogens is 2. The number of rotatable bonds is 7. The number of nitrogens with zero attached hydrogens (tertiary/aromatic N) is 2. The molecular weight excluding hydrogens is 350 g/mol. The van der Waals surface area contributed by atoms with E-state index in [0.29, 0.717) is 24.0 Å². The largest absolute Gasteiger partial charge is 0.493 e. The highest BCUT2D eigenvalue weighted by Crippen LogP contribution is 2.28. The smallest absolute Gasteiger partial charge is 0.292 e. The van der Waals surface area contributed by atoms with E-state index < -0.39 is 11.8 Å². The van der Waals surface area contributed by atoms with E-state index >= 15 is 0 Å². The van der Waals surface area contributed by atoms with Crippen molar-refractivity contribution >= 4 is 17.6 Å². The average molecular weight is 373 g/mol. The number of hydrazine groups is 1. The first kappa shape index (κ1) is 20.0. The van der Waals surface area contributed by atoms with Crippen molar-refractivity contribution in [3.8, 4) is 11.5 Å². The van der Waals surface area contributed by atoms with Gasteiger partial charge in [0.05, 0.1) is 13.7 Å². The van der Waals surface area contributed by atoms with Crippen molar-refractivity contribution in [3.63, 3.8) is 0 Å². The first-order valence-corrected chi connectivity index (χ1v) is 8.40. The van der Waals surface area contributed by atoms with Crippen LogP contribution in [-0.4, -0.2) is 35.5 Å². The summed E-state index contributed by atoms with van der Waals surface area (Å²) in [7, 11) is 1.49. The zero-order valence-corrected chi connectivity index (χ0v) is 15.5. The fourth-order valence-electron chi connectivity index (χ4n) is 2.10. The molecule has 0 fully saturated rings. The van der Waals surface area contributed by atoms with E-state index in [0.717, 1.165) is 6.42 Å². The van der Waals surface area contributed by atoms with E-state index in [1.54, 1.807) is 12.1 Å². The third kappa shape index (κ3) is 5.56. The van der Waals surface area contributed by atoms with E-state index in [2.05, 4.69) is 34.7 Å². The van der Waals surface area contributed by atoms with Crippen molar-refractivity contribution in [2.24, 2.45) is 5.92 Å². The summed E-state index contributed by atoms with van der Waals surface area (Å²) in [6, 6.07) is 4.75. The van der Waals surface area contributed by atoms with Crippen molar-refractivity contribution in [2.75, 3.05) is 19.5 Å². The fourth-order valence-corrected chi connectivity index (χ4v) is 2.10. The number of anilines is 1. The minimum absolute atomic E-state index is 0.0335. The maximum absolute atomic E-state index is 12.3. The third-order valence-electron chi connectivity index (χ3n) is 3.61. The van der Waals surface area contributed by atoms with E-state index in [-0.39, 0.29) is 17.1 Å². The van der Waals surface area contributed by atoms with Crippen LogP contribution in [0.4, 0.5) is 5.82 Å². The Labute approximate surface area is 157 Å². The number of benzene rings is 1. The first-order chi connectivity index (χ1) is 12.9. The number of hydrogen-bond donors (Lipinski definition) is 3. The number of nitrogens with two attached hydrogens (primary N) is 1. The van der Waals surface area contributed by atoms with Gasteiger partial charge in [-0.15, -0.1) is 0 Å². The third-order valence-corrected chi connectivity index (χ3v) is 3.61. The molecule has 0 saturated carbocycles. The summed E-state index contributed by atoms with van der Waals surface area (Å²) in [5.41, 5.74) is 10.3. The molecule has 144 valence electrons. The zero-order chi connectivity index (χ0) is 19.8. The van der Waals surface area contributed by atoms with Gasteiger partial charge in [-0.25, -0.2) is 9.97 Å². The summed E-state index contributed by atoms with van der Waals surface area (Å²) < 4.78 is 11.0. The number of nitrogen functional groups attached to an aromatic ring is 1. The number of methoxy groups -OCH3 is 1. The Balaban J connectivity index is 1.99. The topological polar surface area (TPSA) is 128 Å². The average Bonchev–Trinajstić information content (AvgIpc) is 2.66. The molecule has 9 nitrogen and oxygen atoms in total. The summed E-state index contributed by atoms with van der Waals surface area (Å²) in [5, 5.41) is 0. The highest BCUT2D eigenvalue weighted by atomic mass is 16.5. The normalized spacial score (nSPS) is 10.4. The van der Waals surface area contributed by atoms with Gasteiger partial charge < -0.3 is 15.2 Å². The minimum atomic E-state index is -0.672. The minimum Gasteiger partial charge on any atom is -0.493 e. The highest BCUT2D eigenvalue weighted by molar-refractivity contribution is 6.00. The molecule has 0 aliphatic heterocycles. The monoisotopic (exact) mass is 373 g/mol. The van der Waals surface area contributed by atoms with Gasteiger partial charge in [0.15, 0.2) is 23.0 Å². The molecule has 9 heteroatoms. The Kier molecular flexibility index (Phi) is 6.93. The number of amides is 2. The van der Waals surface area contributed by atoms with Gasteiger partial charge in [0, 0.05) is 18.0 Å². The predicted molar refractivity (Wildman–Crippen MR) is 99.3 cm³/mol. The molecule has 0 aliphatic carbocycles. The van der Waals surface area contributed by atoms with Crippen LogP contribution in [0.5, 0.6) is 11.5 Å². The molecule has 2 rings (SSSR count). The van der Waals surface area contributed by atoms with Crippen molar-refractivity contribution in [1.29, 1.82) is 0 Å². The van der Waals surface area contributed by atoms with Crippen LogP contribution in [0.3, 0.4) is 0 Å². The van der Waals surface area contributed by atoms with E-state index in [1.807, 2.05) is 0 Å². The maximum Gasteiger partial charge on any atom is 0.292 e. The van der Waals surface area contributed by atoms with Crippen LogP contribution in [0.2, 0.25) is 0 Å². The van der Waals surface area contributed by atoms with Crippen molar-refractivity contribution in [1.82, 2.24) is 20.8 Å². The zero-order valence-electron chi connectivity index (χ0n) is 15.5. The van der Waals surface area contributed by atoms with Gasteiger partial charge in [0.1, 0.15) is 0 Å². The Morgan fingerprint density at radius 2 is 1.81 bits per heavy atom. The molecule has 2 amide bonds. The van der Waals surface area contributed by atoms with Crippen LogP contribution >= 0.6 is 0 Å². The summed E-state index contributed by atoms with van der Waals surface area (Å²) >= 11 is 0. The van der Waals surface area contributed by atoms with Crippen LogP contribution in [0.25, 0.3) is 0 Å². The maximum atomic E-state index is 12.3. The molecule has 27 heavy (non-hydrogen) atoms. The summed E-state index contributed by atoms with van der Waals surface area (Å²) in [6.45, 7) is 4.77. The van der Waals surface area contributed by atoms with Gasteiger partial charge in [-0.05, 0) is 30.5 Å². The van der Waals surface area contributed by atoms with E-state index in [9.17, 15) is 9.59 Å². The quantitative estimate of drug-likeness (QED) is 0.628. The lowest BCUT2D eigenvalue weighted by molar-refractivity contribution is 0.0844. The number of nitrogens with one attached hydrogen (secondary N) is 2. The molecule has 0 radical (unpaired) electrons. The van der Waals surface area contributed by atoms with Crippen molar-refractivity contribution < 1.29 is 19.1 Å². The molecular formula is C18H23N5O4. The summed E-state index contributed by atoms with van der Waals surface area (Å²) in [5.74, 6) is 0.260. The van der Waals surface area contributed by atoms with Crippen LogP contribution in [0.1, 0.15) is 41.1 Å². The van der Waals surface area contributed by atoms with Gasteiger partial charge in [-0.1, -0.05) is 13.8 Å². The molecule has 2 aromatic rings. The van der Waals surface area contributed by atoms with E-state index in [4.69, 9.17) is 15.2 Å². The Bertz CT molecular complexity index is 810. The molecule has 1 aromatic heterocycles. The second kappa shape index (κ2) is 9.37. The SMILES string of the molecule is COc1cc(C(=O)NNC(=O)c2nccnc2N)ccc1OCCC(C)C. The van der Waals surface area contributed by atoms with E-state index in [1.165, 1.54) is 25.6 Å². The van der Waals surface area contributed by atoms with Crippen LogP contribution in [0.15, 0.2) is 30.6 Å². The van der Waals surface area contributed by atoms with Crippen LogP contribution < -0.4 is 26.1 Å². The van der Waals surface area contributed by atoms with Crippen LogP contribution in [-0.2, 0) is 0 Å². The van der Waals surface area contributed by atoms with Gasteiger partial charge in [-0.2, -0.15) is 0 Å². The number of carbonyl (C=O) groups is 2.